The standard InChI is InChI=1S/C21H22N2O3/c1-13(24)14-2-6-18(7-3-14)26-19-8-4-15(5-9-19)21(25)23-20-11-17-10-16(20)12-22-17/h2-9,16-17,20,22H,10-12H2,1H3,(H,23,25). The van der Waals surface area contributed by atoms with Crippen LogP contribution in [-0.2, 0) is 0 Å². The molecule has 1 heterocycles. The van der Waals surface area contributed by atoms with E-state index in [0.29, 0.717) is 34.6 Å². The Hall–Kier alpha value is -2.66. The van der Waals surface area contributed by atoms with Gasteiger partial charge in [0.1, 0.15) is 11.5 Å². The number of Topliss-reactive ketones (excluding diaryl/α,β-unsaturated/α-hetero) is 1. The van der Waals surface area contributed by atoms with E-state index < -0.39 is 0 Å². The highest BCUT2D eigenvalue weighted by Gasteiger charge is 2.40. The summed E-state index contributed by atoms with van der Waals surface area (Å²) in [5.41, 5.74) is 1.29. The van der Waals surface area contributed by atoms with E-state index in [4.69, 9.17) is 4.74 Å². The Kier molecular flexibility index (Phi) is 4.47. The zero-order valence-corrected chi connectivity index (χ0v) is 14.7. The van der Waals surface area contributed by atoms with Crippen LogP contribution in [0.15, 0.2) is 48.5 Å². The lowest BCUT2D eigenvalue weighted by atomic mass is 10.0. The van der Waals surface area contributed by atoms with Gasteiger partial charge in [-0.1, -0.05) is 0 Å². The van der Waals surface area contributed by atoms with Crippen LogP contribution in [0.1, 0.15) is 40.5 Å². The first-order chi connectivity index (χ1) is 12.6. The molecule has 2 bridgehead atoms. The molecule has 3 atom stereocenters. The normalized spacial score (nSPS) is 23.7. The van der Waals surface area contributed by atoms with E-state index in [0.717, 1.165) is 13.0 Å². The number of nitrogens with one attached hydrogen (secondary N) is 2. The van der Waals surface area contributed by atoms with Gasteiger partial charge in [0.05, 0.1) is 0 Å². The number of benzene rings is 2. The summed E-state index contributed by atoms with van der Waals surface area (Å²) in [4.78, 5) is 23.7. The van der Waals surface area contributed by atoms with E-state index in [1.807, 2.05) is 0 Å². The molecule has 134 valence electrons. The number of carbonyl (C=O) groups is 2. The minimum Gasteiger partial charge on any atom is -0.457 e. The first-order valence-electron chi connectivity index (χ1n) is 9.01. The molecule has 1 amide bonds. The molecule has 2 aromatic carbocycles. The highest BCUT2D eigenvalue weighted by atomic mass is 16.5. The van der Waals surface area contributed by atoms with Gasteiger partial charge < -0.3 is 15.4 Å². The minimum absolute atomic E-state index is 0.0261. The van der Waals surface area contributed by atoms with Gasteiger partial charge in [0, 0.05) is 29.8 Å². The van der Waals surface area contributed by atoms with E-state index in [-0.39, 0.29) is 17.7 Å². The first kappa shape index (κ1) is 16.8. The number of carbonyl (C=O) groups excluding carboxylic acids is 2. The van der Waals surface area contributed by atoms with Crippen LogP contribution in [0.2, 0.25) is 0 Å². The number of hydrogen-bond donors (Lipinski definition) is 2. The SMILES string of the molecule is CC(=O)c1ccc(Oc2ccc(C(=O)NC3CC4CC3CN4)cc2)cc1. The molecule has 2 aliphatic rings. The molecule has 5 heteroatoms. The van der Waals surface area contributed by atoms with Crippen LogP contribution in [0, 0.1) is 5.92 Å². The topological polar surface area (TPSA) is 67.4 Å². The lowest BCUT2D eigenvalue weighted by Crippen LogP contribution is -2.44. The van der Waals surface area contributed by atoms with Gasteiger partial charge in [-0.05, 0) is 74.2 Å². The van der Waals surface area contributed by atoms with Crippen molar-refractivity contribution in [2.45, 2.75) is 31.8 Å². The van der Waals surface area contributed by atoms with Gasteiger partial charge in [0.15, 0.2) is 5.78 Å². The summed E-state index contributed by atoms with van der Waals surface area (Å²) >= 11 is 0. The highest BCUT2D eigenvalue weighted by molar-refractivity contribution is 5.95. The van der Waals surface area contributed by atoms with Crippen LogP contribution in [0.5, 0.6) is 11.5 Å². The fraction of sp³-hybridized carbons (Fsp3) is 0.333. The quantitative estimate of drug-likeness (QED) is 0.813. The fourth-order valence-corrected chi connectivity index (χ4v) is 3.83. The number of rotatable bonds is 5. The second-order valence-electron chi connectivity index (χ2n) is 7.12. The monoisotopic (exact) mass is 350 g/mol. The summed E-state index contributed by atoms with van der Waals surface area (Å²) in [7, 11) is 0. The van der Waals surface area contributed by atoms with Crippen molar-refractivity contribution in [3.8, 4) is 11.5 Å². The molecule has 0 aromatic heterocycles. The predicted octanol–water partition coefficient (Wildman–Crippen LogP) is 3.16. The third kappa shape index (κ3) is 3.48. The number of ether oxygens (including phenoxy) is 1. The molecule has 1 saturated carbocycles. The Morgan fingerprint density at radius 2 is 1.58 bits per heavy atom. The van der Waals surface area contributed by atoms with Gasteiger partial charge >= 0.3 is 0 Å². The Bertz CT molecular complexity index is 814. The Labute approximate surface area is 152 Å². The maximum atomic E-state index is 12.4. The van der Waals surface area contributed by atoms with Crippen LogP contribution >= 0.6 is 0 Å². The Morgan fingerprint density at radius 3 is 2.08 bits per heavy atom. The highest BCUT2D eigenvalue weighted by Crippen LogP contribution is 2.31. The lowest BCUT2D eigenvalue weighted by Gasteiger charge is -2.23. The number of ketones is 1. The van der Waals surface area contributed by atoms with E-state index in [1.54, 1.807) is 48.5 Å². The van der Waals surface area contributed by atoms with Gasteiger partial charge in [0.2, 0.25) is 0 Å². The molecule has 2 fully saturated rings. The van der Waals surface area contributed by atoms with Crippen molar-refractivity contribution in [2.75, 3.05) is 6.54 Å². The van der Waals surface area contributed by atoms with Crippen molar-refractivity contribution in [3.63, 3.8) is 0 Å². The summed E-state index contributed by atoms with van der Waals surface area (Å²) in [6, 6.07) is 15.0. The molecule has 1 aliphatic carbocycles. The van der Waals surface area contributed by atoms with E-state index in [9.17, 15) is 9.59 Å². The van der Waals surface area contributed by atoms with Gasteiger partial charge in [0.25, 0.3) is 5.91 Å². The zero-order chi connectivity index (χ0) is 18.1. The third-order valence-electron chi connectivity index (χ3n) is 5.29. The summed E-state index contributed by atoms with van der Waals surface area (Å²) in [6.07, 6.45) is 2.19. The second kappa shape index (κ2) is 6.92. The number of hydrogen-bond acceptors (Lipinski definition) is 4. The smallest absolute Gasteiger partial charge is 0.251 e. The van der Waals surface area contributed by atoms with Crippen LogP contribution in [0.25, 0.3) is 0 Å². The van der Waals surface area contributed by atoms with Crippen molar-refractivity contribution < 1.29 is 14.3 Å². The van der Waals surface area contributed by atoms with Crippen LogP contribution in [0.4, 0.5) is 0 Å². The number of fused-ring (bicyclic) bond motifs is 2. The molecule has 3 unspecified atom stereocenters. The zero-order valence-electron chi connectivity index (χ0n) is 14.7. The fourth-order valence-electron chi connectivity index (χ4n) is 3.83. The summed E-state index contributed by atoms with van der Waals surface area (Å²) < 4.78 is 5.77. The maximum Gasteiger partial charge on any atom is 0.251 e. The number of amides is 1. The van der Waals surface area contributed by atoms with E-state index >= 15 is 0 Å². The summed E-state index contributed by atoms with van der Waals surface area (Å²) in [5.74, 6) is 1.87. The summed E-state index contributed by atoms with van der Waals surface area (Å²) in [6.45, 7) is 2.54. The van der Waals surface area contributed by atoms with Gasteiger partial charge in [-0.2, -0.15) is 0 Å². The average Bonchev–Trinajstić information content (AvgIpc) is 3.26. The molecule has 0 radical (unpaired) electrons. The molecule has 1 saturated heterocycles. The molecule has 5 nitrogen and oxygen atoms in total. The number of piperidine rings is 1. The average molecular weight is 350 g/mol. The van der Waals surface area contributed by atoms with Crippen molar-refractivity contribution in [1.82, 2.24) is 10.6 Å². The minimum atomic E-state index is -0.0279. The largest absolute Gasteiger partial charge is 0.457 e. The van der Waals surface area contributed by atoms with E-state index in [1.165, 1.54) is 13.3 Å². The van der Waals surface area contributed by atoms with Crippen LogP contribution in [0.3, 0.4) is 0 Å². The Balaban J connectivity index is 1.37. The van der Waals surface area contributed by atoms with Crippen molar-refractivity contribution in [1.29, 1.82) is 0 Å². The van der Waals surface area contributed by atoms with Gasteiger partial charge in [-0.3, -0.25) is 9.59 Å². The van der Waals surface area contributed by atoms with Crippen LogP contribution < -0.4 is 15.4 Å². The van der Waals surface area contributed by atoms with Crippen LogP contribution in [-0.4, -0.2) is 30.3 Å². The molecular weight excluding hydrogens is 328 g/mol. The van der Waals surface area contributed by atoms with Crippen molar-refractivity contribution >= 4 is 11.7 Å². The summed E-state index contributed by atoms with van der Waals surface area (Å²) in [5, 5.41) is 6.61. The molecule has 4 rings (SSSR count). The maximum absolute atomic E-state index is 12.4. The lowest BCUT2D eigenvalue weighted by molar-refractivity contribution is 0.0924. The molecule has 0 spiro atoms. The first-order valence-corrected chi connectivity index (χ1v) is 9.01. The van der Waals surface area contributed by atoms with Gasteiger partial charge in [-0.15, -0.1) is 0 Å². The van der Waals surface area contributed by atoms with Crippen molar-refractivity contribution in [2.24, 2.45) is 5.92 Å². The van der Waals surface area contributed by atoms with Gasteiger partial charge in [-0.25, -0.2) is 0 Å². The molecule has 1 aliphatic heterocycles. The molecular formula is C21H22N2O3. The van der Waals surface area contributed by atoms with E-state index in [2.05, 4.69) is 10.6 Å². The predicted molar refractivity (Wildman–Crippen MR) is 98.7 cm³/mol. The molecule has 2 N–H and O–H groups in total. The molecule has 26 heavy (non-hydrogen) atoms. The second-order valence-corrected chi connectivity index (χ2v) is 7.12. The van der Waals surface area contributed by atoms with Crippen molar-refractivity contribution in [3.05, 3.63) is 59.7 Å². The third-order valence-corrected chi connectivity index (χ3v) is 5.29. The Morgan fingerprint density at radius 1 is 0.962 bits per heavy atom. The molecule has 2 aromatic rings.